The first kappa shape index (κ1) is 8.49. The molecule has 2 aliphatic rings. The molecule has 0 unspecified atom stereocenters. The Labute approximate surface area is 89.9 Å². The van der Waals surface area contributed by atoms with Crippen molar-refractivity contribution < 1.29 is 0 Å². The van der Waals surface area contributed by atoms with Gasteiger partial charge in [0.05, 0.1) is 0 Å². The van der Waals surface area contributed by atoms with Crippen LogP contribution in [0.2, 0.25) is 0 Å². The highest BCUT2D eigenvalue weighted by molar-refractivity contribution is 5.79. The zero-order valence-corrected chi connectivity index (χ0v) is 8.48. The minimum absolute atomic E-state index is 1.08. The van der Waals surface area contributed by atoms with E-state index in [-0.39, 0.29) is 0 Å². The molecule has 0 atom stereocenters. The summed E-state index contributed by atoms with van der Waals surface area (Å²) in [4.78, 5) is 0. The highest BCUT2D eigenvalue weighted by Gasteiger charge is 2.10. The van der Waals surface area contributed by atoms with Crippen LogP contribution < -0.4 is 0 Å². The lowest BCUT2D eigenvalue weighted by Crippen LogP contribution is -1.90. The van der Waals surface area contributed by atoms with Crippen LogP contribution in [0.15, 0.2) is 42.5 Å². The van der Waals surface area contributed by atoms with Crippen molar-refractivity contribution in [1.29, 1.82) is 0 Å². The van der Waals surface area contributed by atoms with Gasteiger partial charge in [-0.3, -0.25) is 0 Å². The molecule has 0 saturated carbocycles. The zero-order chi connectivity index (χ0) is 10.1. The first-order valence-corrected chi connectivity index (χ1v) is 5.29. The van der Waals surface area contributed by atoms with Crippen LogP contribution in [0.1, 0.15) is 22.3 Å². The van der Waals surface area contributed by atoms with Gasteiger partial charge in [-0.15, -0.1) is 0 Å². The van der Waals surface area contributed by atoms with E-state index in [4.69, 9.17) is 0 Å². The minimum atomic E-state index is 1.08. The molecule has 0 heterocycles. The van der Waals surface area contributed by atoms with E-state index in [0.717, 1.165) is 6.42 Å². The molecule has 1 aromatic carbocycles. The van der Waals surface area contributed by atoms with Crippen molar-refractivity contribution in [3.05, 3.63) is 64.8 Å². The molecule has 0 saturated heterocycles. The second-order valence-corrected chi connectivity index (χ2v) is 3.85. The van der Waals surface area contributed by atoms with E-state index in [1.54, 1.807) is 0 Å². The molecule has 0 fully saturated rings. The van der Waals surface area contributed by atoms with Gasteiger partial charge in [0, 0.05) is 0 Å². The van der Waals surface area contributed by atoms with Crippen molar-refractivity contribution in [3.8, 4) is 0 Å². The number of fused-ring (bicyclic) bond motifs is 3. The first-order valence-electron chi connectivity index (χ1n) is 5.29. The maximum absolute atomic E-state index is 2.23. The topological polar surface area (TPSA) is 0 Å². The summed E-state index contributed by atoms with van der Waals surface area (Å²) in [7, 11) is 0. The van der Waals surface area contributed by atoms with Gasteiger partial charge in [0.15, 0.2) is 0 Å². The summed E-state index contributed by atoms with van der Waals surface area (Å²) in [5, 5.41) is 0. The summed E-state index contributed by atoms with van der Waals surface area (Å²) in [6.07, 6.45) is 18.2. The van der Waals surface area contributed by atoms with Crippen LogP contribution in [-0.2, 0) is 6.42 Å². The normalized spacial score (nSPS) is 16.0. The number of benzene rings is 1. The SMILES string of the molecule is C1=CC=Cc2c(ccc3c2C=CC3)C=C1. The van der Waals surface area contributed by atoms with E-state index in [9.17, 15) is 0 Å². The standard InChI is InChI=1S/C15H12/c1-2-4-8-14-12(6-3-1)10-11-13-7-5-9-15(13)14/h1-6,8-11H,7H2. The lowest BCUT2D eigenvalue weighted by molar-refractivity contribution is 1.30. The van der Waals surface area contributed by atoms with Crippen LogP contribution in [0.3, 0.4) is 0 Å². The lowest BCUT2D eigenvalue weighted by Gasteiger charge is -2.08. The summed E-state index contributed by atoms with van der Waals surface area (Å²) in [6, 6.07) is 4.44. The predicted octanol–water partition coefficient (Wildman–Crippen LogP) is 3.85. The zero-order valence-electron chi connectivity index (χ0n) is 8.48. The summed E-state index contributed by atoms with van der Waals surface area (Å²) in [5.41, 5.74) is 5.49. The Morgan fingerprint density at radius 1 is 0.733 bits per heavy atom. The molecule has 72 valence electrons. The molecule has 0 nitrogen and oxygen atoms in total. The van der Waals surface area contributed by atoms with Gasteiger partial charge < -0.3 is 0 Å². The molecule has 0 N–H and O–H groups in total. The van der Waals surface area contributed by atoms with Crippen molar-refractivity contribution in [2.45, 2.75) is 6.42 Å². The van der Waals surface area contributed by atoms with Crippen molar-refractivity contribution in [2.75, 3.05) is 0 Å². The molecule has 0 spiro atoms. The Bertz CT molecular complexity index is 511. The molecule has 3 rings (SSSR count). The summed E-state index contributed by atoms with van der Waals surface area (Å²) < 4.78 is 0. The van der Waals surface area contributed by atoms with Crippen molar-refractivity contribution in [1.82, 2.24) is 0 Å². The number of hydrogen-bond acceptors (Lipinski definition) is 0. The Morgan fingerprint density at radius 3 is 2.53 bits per heavy atom. The highest BCUT2D eigenvalue weighted by Crippen LogP contribution is 2.28. The largest absolute Gasteiger partial charge is 0.0795 e. The van der Waals surface area contributed by atoms with E-state index in [1.807, 2.05) is 0 Å². The summed E-state index contributed by atoms with van der Waals surface area (Å²) in [6.45, 7) is 0. The van der Waals surface area contributed by atoms with Crippen LogP contribution in [0, 0.1) is 0 Å². The molecule has 2 aliphatic carbocycles. The molecule has 0 aromatic heterocycles. The molecule has 0 radical (unpaired) electrons. The van der Waals surface area contributed by atoms with Gasteiger partial charge in [0.1, 0.15) is 0 Å². The summed E-state index contributed by atoms with van der Waals surface area (Å²) >= 11 is 0. The van der Waals surface area contributed by atoms with Gasteiger partial charge in [-0.2, -0.15) is 0 Å². The van der Waals surface area contributed by atoms with Gasteiger partial charge in [0.25, 0.3) is 0 Å². The van der Waals surface area contributed by atoms with Crippen LogP contribution in [0.4, 0.5) is 0 Å². The Hall–Kier alpha value is -1.82. The number of hydrogen-bond donors (Lipinski definition) is 0. The molecule has 0 aliphatic heterocycles. The van der Waals surface area contributed by atoms with E-state index >= 15 is 0 Å². The molecule has 0 heteroatoms. The molecular formula is C15H12. The van der Waals surface area contributed by atoms with Crippen LogP contribution >= 0.6 is 0 Å². The van der Waals surface area contributed by atoms with E-state index in [0.29, 0.717) is 0 Å². The summed E-state index contributed by atoms with van der Waals surface area (Å²) in [5.74, 6) is 0. The highest BCUT2D eigenvalue weighted by atomic mass is 14.1. The van der Waals surface area contributed by atoms with E-state index < -0.39 is 0 Å². The molecule has 0 amide bonds. The second kappa shape index (κ2) is 3.39. The third-order valence-electron chi connectivity index (χ3n) is 2.91. The number of rotatable bonds is 0. The van der Waals surface area contributed by atoms with Gasteiger partial charge in [-0.1, -0.05) is 60.7 Å². The van der Waals surface area contributed by atoms with Crippen LogP contribution in [0.25, 0.3) is 18.2 Å². The van der Waals surface area contributed by atoms with Crippen molar-refractivity contribution in [2.24, 2.45) is 0 Å². The van der Waals surface area contributed by atoms with Crippen molar-refractivity contribution >= 4 is 18.2 Å². The van der Waals surface area contributed by atoms with Gasteiger partial charge >= 0.3 is 0 Å². The Kier molecular flexibility index (Phi) is 1.92. The third-order valence-corrected chi connectivity index (χ3v) is 2.91. The maximum Gasteiger partial charge on any atom is -0.00879 e. The van der Waals surface area contributed by atoms with Crippen LogP contribution in [-0.4, -0.2) is 0 Å². The van der Waals surface area contributed by atoms with Gasteiger partial charge in [0.2, 0.25) is 0 Å². The Morgan fingerprint density at radius 2 is 1.60 bits per heavy atom. The molecule has 1 aromatic rings. The maximum atomic E-state index is 2.23. The monoisotopic (exact) mass is 192 g/mol. The first-order chi connectivity index (χ1) is 7.45. The quantitative estimate of drug-likeness (QED) is 0.585. The van der Waals surface area contributed by atoms with Crippen LogP contribution in [0.5, 0.6) is 0 Å². The lowest BCUT2D eigenvalue weighted by atomic mass is 9.96. The second-order valence-electron chi connectivity index (χ2n) is 3.85. The fourth-order valence-corrected chi connectivity index (χ4v) is 2.15. The number of allylic oxidation sites excluding steroid dienone is 5. The Balaban J connectivity index is 2.27. The van der Waals surface area contributed by atoms with Crippen molar-refractivity contribution in [3.63, 3.8) is 0 Å². The molecule has 0 bridgehead atoms. The average molecular weight is 192 g/mol. The minimum Gasteiger partial charge on any atom is -0.0795 e. The third kappa shape index (κ3) is 1.39. The van der Waals surface area contributed by atoms with Gasteiger partial charge in [-0.05, 0) is 28.7 Å². The molecular weight excluding hydrogens is 180 g/mol. The smallest absolute Gasteiger partial charge is 0.00879 e. The predicted molar refractivity (Wildman–Crippen MR) is 66.4 cm³/mol. The van der Waals surface area contributed by atoms with E-state index in [1.165, 1.54) is 22.3 Å². The van der Waals surface area contributed by atoms with Gasteiger partial charge in [-0.25, -0.2) is 0 Å². The molecule has 15 heavy (non-hydrogen) atoms. The fourth-order valence-electron chi connectivity index (χ4n) is 2.15. The van der Waals surface area contributed by atoms with E-state index in [2.05, 4.69) is 60.7 Å². The average Bonchev–Trinajstić information content (AvgIpc) is 2.65. The fraction of sp³-hybridized carbons (Fsp3) is 0.0667.